The van der Waals surface area contributed by atoms with Crippen LogP contribution in [-0.2, 0) is 18.4 Å². The minimum atomic E-state index is -1.89. The topological polar surface area (TPSA) is 44.8 Å². The van der Waals surface area contributed by atoms with E-state index in [1.165, 1.54) is 50.9 Å². The molecular formula is C39H68O4Si2. The Hall–Kier alpha value is -1.22. The van der Waals surface area contributed by atoms with Gasteiger partial charge in [0, 0.05) is 6.08 Å². The van der Waals surface area contributed by atoms with Crippen molar-refractivity contribution >= 4 is 22.6 Å². The molecule has 45 heavy (non-hydrogen) atoms. The van der Waals surface area contributed by atoms with E-state index in [1.54, 1.807) is 5.57 Å². The number of carbonyl (C=O) groups is 1. The first-order valence-corrected chi connectivity index (χ1v) is 23.6. The Bertz CT molecular complexity index is 1120. The van der Waals surface area contributed by atoms with E-state index >= 15 is 0 Å². The monoisotopic (exact) mass is 656 g/mol. The van der Waals surface area contributed by atoms with Crippen LogP contribution < -0.4 is 0 Å². The van der Waals surface area contributed by atoms with Gasteiger partial charge >= 0.3 is 5.97 Å². The minimum Gasteiger partial charge on any atom is -0.466 e. The summed E-state index contributed by atoms with van der Waals surface area (Å²) in [4.78, 5) is 11.6. The summed E-state index contributed by atoms with van der Waals surface area (Å²) >= 11 is 0. The number of carbonyl (C=O) groups excluding carboxylic acids is 1. The largest absolute Gasteiger partial charge is 0.466 e. The first-order chi connectivity index (χ1) is 20.6. The van der Waals surface area contributed by atoms with Crippen LogP contribution in [0.3, 0.4) is 0 Å². The average Bonchev–Trinajstić information content (AvgIpc) is 3.26. The summed E-state index contributed by atoms with van der Waals surface area (Å²) in [6.07, 6.45) is 20.7. The van der Waals surface area contributed by atoms with E-state index < -0.39 is 16.6 Å². The molecule has 0 N–H and O–H groups in total. The summed E-state index contributed by atoms with van der Waals surface area (Å²) in [6.45, 7) is 30.7. The Labute approximate surface area is 279 Å². The Morgan fingerprint density at radius 3 is 1.98 bits per heavy atom. The van der Waals surface area contributed by atoms with Crippen molar-refractivity contribution in [3.63, 3.8) is 0 Å². The van der Waals surface area contributed by atoms with Crippen molar-refractivity contribution in [2.24, 2.45) is 23.2 Å². The van der Waals surface area contributed by atoms with Gasteiger partial charge in [-0.05, 0) is 118 Å². The number of rotatable bonds is 9. The second-order valence-corrected chi connectivity index (χ2v) is 27.4. The van der Waals surface area contributed by atoms with Crippen LogP contribution in [0.5, 0.6) is 0 Å². The predicted octanol–water partition coefficient (Wildman–Crippen LogP) is 11.3. The molecule has 0 unspecified atom stereocenters. The Kier molecular flexibility index (Phi) is 12.3. The van der Waals surface area contributed by atoms with Gasteiger partial charge in [0.25, 0.3) is 0 Å². The molecule has 256 valence electrons. The number of methoxy groups -OCH3 is 1. The van der Waals surface area contributed by atoms with Crippen LogP contribution in [-0.4, -0.2) is 41.9 Å². The van der Waals surface area contributed by atoms with Crippen LogP contribution in [0.25, 0.3) is 0 Å². The van der Waals surface area contributed by atoms with Gasteiger partial charge < -0.3 is 13.6 Å². The Balaban J connectivity index is 1.85. The molecule has 6 atom stereocenters. The maximum Gasteiger partial charge on any atom is 0.330 e. The Morgan fingerprint density at radius 2 is 1.47 bits per heavy atom. The SMILES string of the molecule is COC(=O)/C=C/C(C)=C/[C@@H](C)[C@H]1CC[C@H]2/C(=C/C=C3C[C@@H](O[Si](C)(C)C(C)(C)C)C[C@H](O[Si](C)(C)C(C)(C)C)C3)CCC[C@]12C. The molecule has 0 heterocycles. The number of esters is 1. The van der Waals surface area contributed by atoms with Crippen LogP contribution in [0.15, 0.2) is 47.1 Å². The van der Waals surface area contributed by atoms with Gasteiger partial charge in [0.15, 0.2) is 16.6 Å². The maximum atomic E-state index is 11.6. The third-order valence-electron chi connectivity index (χ3n) is 12.5. The zero-order valence-corrected chi connectivity index (χ0v) is 33.6. The van der Waals surface area contributed by atoms with Crippen molar-refractivity contribution in [3.8, 4) is 0 Å². The van der Waals surface area contributed by atoms with Gasteiger partial charge in [0.2, 0.25) is 0 Å². The van der Waals surface area contributed by atoms with E-state index in [1.807, 2.05) is 6.08 Å². The van der Waals surface area contributed by atoms with Gasteiger partial charge in [-0.2, -0.15) is 0 Å². The normalized spacial score (nSPS) is 30.5. The standard InChI is InChI=1S/C39H68O4Si2/c1-28(17-22-36(40)41-10)24-29(2)34-20-21-35-31(16-15-23-39(34,35)9)19-18-30-25-32(42-44(11,12)37(3,4)5)27-33(26-30)43-45(13,14)38(6,7)8/h17-19,22,24,29,32-35H,15-16,20-21,23,25-27H2,1-14H3/b22-17+,28-24+,31-19+/t29-,32-,33-,34-,35+,39-/m1/s1. The van der Waals surface area contributed by atoms with E-state index in [0.29, 0.717) is 23.2 Å². The zero-order valence-electron chi connectivity index (χ0n) is 31.6. The molecule has 0 aromatic rings. The zero-order chi connectivity index (χ0) is 34.0. The molecule has 0 bridgehead atoms. The van der Waals surface area contributed by atoms with Crippen molar-refractivity contribution in [2.45, 2.75) is 162 Å². The van der Waals surface area contributed by atoms with Crippen molar-refractivity contribution in [1.82, 2.24) is 0 Å². The lowest BCUT2D eigenvalue weighted by atomic mass is 9.61. The molecule has 0 saturated heterocycles. The third-order valence-corrected chi connectivity index (χ3v) is 21.5. The first kappa shape index (κ1) is 38.2. The van der Waals surface area contributed by atoms with Crippen molar-refractivity contribution in [1.29, 1.82) is 0 Å². The van der Waals surface area contributed by atoms with Gasteiger partial charge in [0.05, 0.1) is 19.3 Å². The predicted molar refractivity (Wildman–Crippen MR) is 196 cm³/mol. The molecule has 3 saturated carbocycles. The highest BCUT2D eigenvalue weighted by Gasteiger charge is 2.50. The molecule has 4 nitrogen and oxygen atoms in total. The molecule has 3 fully saturated rings. The van der Waals surface area contributed by atoms with E-state index in [2.05, 4.69) is 107 Å². The summed E-state index contributed by atoms with van der Waals surface area (Å²) < 4.78 is 18.9. The second-order valence-electron chi connectivity index (χ2n) is 17.9. The van der Waals surface area contributed by atoms with E-state index in [9.17, 15) is 4.79 Å². The lowest BCUT2D eigenvalue weighted by molar-refractivity contribution is -0.134. The summed E-state index contributed by atoms with van der Waals surface area (Å²) in [5.41, 5.74) is 4.62. The average molecular weight is 657 g/mol. The molecule has 0 radical (unpaired) electrons. The van der Waals surface area contributed by atoms with Crippen molar-refractivity contribution in [2.75, 3.05) is 7.11 Å². The molecule has 3 rings (SSSR count). The summed E-state index contributed by atoms with van der Waals surface area (Å²) in [7, 11) is -2.36. The highest BCUT2D eigenvalue weighted by atomic mass is 28.4. The fourth-order valence-electron chi connectivity index (χ4n) is 7.85. The molecule has 6 heteroatoms. The van der Waals surface area contributed by atoms with Gasteiger partial charge in [0.1, 0.15) is 0 Å². The molecule has 0 aliphatic heterocycles. The molecule has 0 amide bonds. The number of hydrogen-bond acceptors (Lipinski definition) is 4. The van der Waals surface area contributed by atoms with E-state index in [-0.39, 0.29) is 28.3 Å². The molecule has 0 aromatic heterocycles. The second kappa shape index (κ2) is 14.5. The molecule has 3 aliphatic rings. The number of ether oxygens (including phenoxy) is 1. The lowest BCUT2D eigenvalue weighted by Gasteiger charge is -2.45. The summed E-state index contributed by atoms with van der Waals surface area (Å²) in [6, 6.07) is 0. The molecule has 3 aliphatic carbocycles. The highest BCUT2D eigenvalue weighted by Crippen LogP contribution is 2.59. The number of hydrogen-bond donors (Lipinski definition) is 0. The smallest absolute Gasteiger partial charge is 0.330 e. The van der Waals surface area contributed by atoms with E-state index in [4.69, 9.17) is 13.6 Å². The van der Waals surface area contributed by atoms with Gasteiger partial charge in [-0.15, -0.1) is 0 Å². The minimum absolute atomic E-state index is 0.195. The quantitative estimate of drug-likeness (QED) is 0.107. The maximum absolute atomic E-state index is 11.6. The van der Waals surface area contributed by atoms with Crippen LogP contribution in [0.1, 0.15) is 114 Å². The fraction of sp³-hybridized carbons (Fsp3) is 0.769. The highest BCUT2D eigenvalue weighted by molar-refractivity contribution is 6.74. The first-order valence-electron chi connectivity index (χ1n) is 17.8. The number of allylic oxidation sites excluding steroid dienone is 6. The van der Waals surface area contributed by atoms with Crippen LogP contribution in [0.2, 0.25) is 36.3 Å². The van der Waals surface area contributed by atoms with Crippen LogP contribution >= 0.6 is 0 Å². The third kappa shape index (κ3) is 9.45. The summed E-state index contributed by atoms with van der Waals surface area (Å²) in [5, 5.41) is 0.389. The molecule has 0 spiro atoms. The van der Waals surface area contributed by atoms with Gasteiger partial charge in [-0.3, -0.25) is 0 Å². The van der Waals surface area contributed by atoms with Crippen molar-refractivity contribution < 1.29 is 18.4 Å². The molecule has 0 aromatic carbocycles. The van der Waals surface area contributed by atoms with Crippen LogP contribution in [0, 0.1) is 23.2 Å². The molecular weight excluding hydrogens is 589 g/mol. The van der Waals surface area contributed by atoms with E-state index in [0.717, 1.165) is 24.8 Å². The summed E-state index contributed by atoms with van der Waals surface area (Å²) in [5.74, 6) is 1.48. The Morgan fingerprint density at radius 1 is 0.911 bits per heavy atom. The number of fused-ring (bicyclic) bond motifs is 1. The fourth-order valence-corrected chi connectivity index (χ4v) is 10.6. The lowest BCUT2D eigenvalue weighted by Crippen LogP contribution is -2.48. The van der Waals surface area contributed by atoms with Gasteiger partial charge in [-0.1, -0.05) is 96.4 Å². The van der Waals surface area contributed by atoms with Crippen molar-refractivity contribution in [3.05, 3.63) is 47.1 Å². The van der Waals surface area contributed by atoms with Crippen LogP contribution in [0.4, 0.5) is 0 Å². The van der Waals surface area contributed by atoms with Gasteiger partial charge in [-0.25, -0.2) is 4.79 Å².